The van der Waals surface area contributed by atoms with Crippen LogP contribution >= 0.6 is 0 Å². The molecule has 2 aliphatic rings. The van der Waals surface area contributed by atoms with Crippen LogP contribution in [0.4, 0.5) is 5.69 Å². The van der Waals surface area contributed by atoms with E-state index < -0.39 is 6.10 Å². The summed E-state index contributed by atoms with van der Waals surface area (Å²) in [7, 11) is 2.03. The summed E-state index contributed by atoms with van der Waals surface area (Å²) in [6, 6.07) is 12.1. The summed E-state index contributed by atoms with van der Waals surface area (Å²) < 4.78 is 10.1. The molecule has 1 saturated heterocycles. The Bertz CT molecular complexity index is 1220. The second-order valence-electron chi connectivity index (χ2n) is 8.98. The fraction of sp³-hybridized carbons (Fsp3) is 0.375. The van der Waals surface area contributed by atoms with Gasteiger partial charge in [-0.3, -0.25) is 4.57 Å². The molecule has 0 unspecified atom stereocenters. The summed E-state index contributed by atoms with van der Waals surface area (Å²) in [6.45, 7) is 1.95. The molecule has 6 rings (SSSR count). The van der Waals surface area contributed by atoms with Gasteiger partial charge in [-0.05, 0) is 61.1 Å². The van der Waals surface area contributed by atoms with Crippen molar-refractivity contribution in [1.29, 1.82) is 0 Å². The van der Waals surface area contributed by atoms with Gasteiger partial charge in [0.25, 0.3) is 0 Å². The molecule has 8 nitrogen and oxygen atoms in total. The van der Waals surface area contributed by atoms with Gasteiger partial charge in [-0.1, -0.05) is 0 Å². The molecule has 0 spiro atoms. The monoisotopic (exact) mass is 430 g/mol. The van der Waals surface area contributed by atoms with Gasteiger partial charge in [-0.15, -0.1) is 10.2 Å². The molecule has 1 aliphatic heterocycles. The number of aryl methyl sites for hydroxylation is 1. The molecule has 3 aromatic heterocycles. The molecule has 0 amide bonds. The second kappa shape index (κ2) is 7.63. The average Bonchev–Trinajstić information content (AvgIpc) is 3.55. The molecule has 2 fully saturated rings. The van der Waals surface area contributed by atoms with Crippen molar-refractivity contribution in [2.45, 2.75) is 25.0 Å². The highest BCUT2D eigenvalue weighted by Gasteiger charge is 2.43. The first kappa shape index (κ1) is 19.3. The second-order valence-corrected chi connectivity index (χ2v) is 8.98. The van der Waals surface area contributed by atoms with Crippen molar-refractivity contribution in [3.8, 4) is 11.4 Å². The minimum atomic E-state index is -0.456. The standard InChI is InChI=1S/C24H26N6O2/c1-28-9-7-20-21(6-8-25-24(20)28)29-12-16-10-22(31)23(11-17(16)13-29)32-19-4-2-18(3-5-19)30-14-26-27-15-30/h2-9,14-17,22-23,31H,10-13H2,1H3/t16-,17+,22+,23+/m0/s1. The van der Waals surface area contributed by atoms with Gasteiger partial charge in [0.15, 0.2) is 0 Å². The van der Waals surface area contributed by atoms with E-state index >= 15 is 0 Å². The number of benzene rings is 1. The number of fused-ring (bicyclic) bond motifs is 2. The van der Waals surface area contributed by atoms with Crippen LogP contribution in [-0.4, -0.2) is 54.7 Å². The van der Waals surface area contributed by atoms with E-state index in [1.165, 1.54) is 11.1 Å². The van der Waals surface area contributed by atoms with Crippen molar-refractivity contribution in [3.05, 3.63) is 61.4 Å². The quantitative estimate of drug-likeness (QED) is 0.536. The van der Waals surface area contributed by atoms with Gasteiger partial charge in [0.2, 0.25) is 0 Å². The Kier molecular flexibility index (Phi) is 4.61. The first-order valence-corrected chi connectivity index (χ1v) is 11.1. The van der Waals surface area contributed by atoms with Crippen LogP contribution in [0.1, 0.15) is 12.8 Å². The summed E-state index contributed by atoms with van der Waals surface area (Å²) in [6.07, 6.45) is 8.27. The molecule has 4 aromatic rings. The Hall–Kier alpha value is -3.39. The van der Waals surface area contributed by atoms with E-state index in [0.717, 1.165) is 43.0 Å². The molecular formula is C24H26N6O2. The van der Waals surface area contributed by atoms with E-state index in [0.29, 0.717) is 11.8 Å². The lowest BCUT2D eigenvalue weighted by Crippen LogP contribution is -2.42. The van der Waals surface area contributed by atoms with Crippen LogP contribution in [0.2, 0.25) is 0 Å². The van der Waals surface area contributed by atoms with Crippen LogP contribution in [0, 0.1) is 11.8 Å². The zero-order valence-corrected chi connectivity index (χ0v) is 18.0. The highest BCUT2D eigenvalue weighted by Crippen LogP contribution is 2.41. The number of anilines is 1. The lowest BCUT2D eigenvalue weighted by molar-refractivity contribution is -0.0231. The Balaban J connectivity index is 1.16. The van der Waals surface area contributed by atoms with Gasteiger partial charge in [0, 0.05) is 49.3 Å². The maximum atomic E-state index is 10.8. The van der Waals surface area contributed by atoms with Crippen molar-refractivity contribution in [2.24, 2.45) is 18.9 Å². The van der Waals surface area contributed by atoms with Crippen molar-refractivity contribution in [1.82, 2.24) is 24.3 Å². The number of aliphatic hydroxyl groups excluding tert-OH is 1. The number of aromatic nitrogens is 5. The Morgan fingerprint density at radius 2 is 1.72 bits per heavy atom. The lowest BCUT2D eigenvalue weighted by Gasteiger charge is -2.35. The summed E-state index contributed by atoms with van der Waals surface area (Å²) in [5.41, 5.74) is 3.22. The van der Waals surface area contributed by atoms with Crippen molar-refractivity contribution in [3.63, 3.8) is 0 Å². The first-order valence-electron chi connectivity index (χ1n) is 11.1. The predicted molar refractivity (Wildman–Crippen MR) is 121 cm³/mol. The fourth-order valence-corrected chi connectivity index (χ4v) is 5.35. The van der Waals surface area contributed by atoms with Gasteiger partial charge in [0.05, 0.1) is 6.10 Å². The Morgan fingerprint density at radius 3 is 2.50 bits per heavy atom. The van der Waals surface area contributed by atoms with Crippen LogP contribution in [0.15, 0.2) is 61.4 Å². The van der Waals surface area contributed by atoms with E-state index in [9.17, 15) is 5.11 Å². The molecule has 164 valence electrons. The molecule has 0 bridgehead atoms. The molecule has 0 radical (unpaired) electrons. The smallest absolute Gasteiger partial charge is 0.141 e. The molecule has 4 heterocycles. The van der Waals surface area contributed by atoms with Crippen molar-refractivity contribution >= 4 is 16.7 Å². The van der Waals surface area contributed by atoms with Gasteiger partial charge < -0.3 is 19.3 Å². The largest absolute Gasteiger partial charge is 0.488 e. The summed E-state index contributed by atoms with van der Waals surface area (Å²) in [5.74, 6) is 1.76. The van der Waals surface area contributed by atoms with Crippen LogP contribution in [-0.2, 0) is 7.05 Å². The van der Waals surface area contributed by atoms with Gasteiger partial charge >= 0.3 is 0 Å². The third-order valence-electron chi connectivity index (χ3n) is 7.01. The predicted octanol–water partition coefficient (Wildman–Crippen LogP) is 2.81. The normalized spacial score (nSPS) is 25.2. The average molecular weight is 431 g/mol. The minimum Gasteiger partial charge on any atom is -0.488 e. The van der Waals surface area contributed by atoms with Crippen molar-refractivity contribution in [2.75, 3.05) is 18.0 Å². The summed E-state index contributed by atoms with van der Waals surface area (Å²) >= 11 is 0. The molecule has 8 heteroatoms. The van der Waals surface area contributed by atoms with Gasteiger partial charge in [0.1, 0.15) is 30.2 Å². The van der Waals surface area contributed by atoms with Crippen LogP contribution < -0.4 is 9.64 Å². The van der Waals surface area contributed by atoms with Crippen molar-refractivity contribution < 1.29 is 9.84 Å². The topological polar surface area (TPSA) is 81.2 Å². The zero-order chi connectivity index (χ0) is 21.7. The molecule has 1 aliphatic carbocycles. The number of aliphatic hydroxyl groups is 1. The Labute approximate surface area is 186 Å². The highest BCUT2D eigenvalue weighted by atomic mass is 16.5. The van der Waals surface area contributed by atoms with Crippen LogP contribution in [0.5, 0.6) is 5.75 Å². The molecule has 1 saturated carbocycles. The molecule has 1 N–H and O–H groups in total. The molecule has 32 heavy (non-hydrogen) atoms. The summed E-state index contributed by atoms with van der Waals surface area (Å²) in [4.78, 5) is 6.99. The number of hydrogen-bond donors (Lipinski definition) is 1. The maximum Gasteiger partial charge on any atom is 0.141 e. The molecule has 4 atom stereocenters. The van der Waals surface area contributed by atoms with E-state index in [2.05, 4.69) is 43.0 Å². The molecule has 1 aromatic carbocycles. The number of rotatable bonds is 4. The Morgan fingerprint density at radius 1 is 0.969 bits per heavy atom. The lowest BCUT2D eigenvalue weighted by atomic mass is 9.78. The SMILES string of the molecule is Cn1ccc2c(N3C[C@H]4C[C@@H](Oc5ccc(-n6cnnc6)cc5)[C@H](O)C[C@H]4C3)ccnc21. The van der Waals surface area contributed by atoms with Crippen LogP contribution in [0.3, 0.4) is 0 Å². The zero-order valence-electron chi connectivity index (χ0n) is 18.0. The number of pyridine rings is 1. The third-order valence-corrected chi connectivity index (χ3v) is 7.01. The van der Waals surface area contributed by atoms with Gasteiger partial charge in [-0.25, -0.2) is 4.98 Å². The first-order chi connectivity index (χ1) is 15.7. The number of nitrogens with zero attached hydrogens (tertiary/aromatic N) is 6. The van der Waals surface area contributed by atoms with E-state index in [4.69, 9.17) is 4.74 Å². The van der Waals surface area contributed by atoms with Crippen LogP contribution in [0.25, 0.3) is 16.7 Å². The van der Waals surface area contributed by atoms with E-state index in [1.54, 1.807) is 12.7 Å². The van der Waals surface area contributed by atoms with E-state index in [-0.39, 0.29) is 6.10 Å². The number of ether oxygens (including phenoxy) is 1. The fourth-order valence-electron chi connectivity index (χ4n) is 5.35. The van der Waals surface area contributed by atoms with E-state index in [1.807, 2.05) is 42.1 Å². The summed E-state index contributed by atoms with van der Waals surface area (Å²) in [5, 5.41) is 19.7. The minimum absolute atomic E-state index is 0.189. The molecular weight excluding hydrogens is 404 g/mol. The highest BCUT2D eigenvalue weighted by molar-refractivity contribution is 5.90. The van der Waals surface area contributed by atoms with Gasteiger partial charge in [-0.2, -0.15) is 0 Å². The maximum absolute atomic E-state index is 10.8. The third kappa shape index (κ3) is 3.31. The number of hydrogen-bond acceptors (Lipinski definition) is 6.